The number of aromatic nitrogens is 4. The van der Waals surface area contributed by atoms with E-state index in [1.54, 1.807) is 17.1 Å². The number of rotatable bonds is 5. The molecule has 25 heavy (non-hydrogen) atoms. The fourth-order valence-electron chi connectivity index (χ4n) is 2.61. The number of nitrogens with zero attached hydrogens (tertiary/aromatic N) is 4. The van der Waals surface area contributed by atoms with E-state index in [0.29, 0.717) is 12.4 Å². The van der Waals surface area contributed by atoms with Crippen molar-refractivity contribution in [3.63, 3.8) is 0 Å². The number of hydrogen-bond donors (Lipinski definition) is 1. The Labute approximate surface area is 145 Å². The highest BCUT2D eigenvalue weighted by atomic mass is 16.5. The number of anilines is 2. The summed E-state index contributed by atoms with van der Waals surface area (Å²) in [4.78, 5) is 9.11. The minimum atomic E-state index is 0.633. The molecule has 0 atom stereocenters. The molecular weight excluding hydrogens is 314 g/mol. The van der Waals surface area contributed by atoms with Crippen LogP contribution in [-0.4, -0.2) is 26.4 Å². The maximum absolute atomic E-state index is 5.52. The lowest BCUT2D eigenvalue weighted by atomic mass is 10.3. The Morgan fingerprint density at radius 1 is 1.04 bits per heavy atom. The van der Waals surface area contributed by atoms with Crippen molar-refractivity contribution in [3.8, 4) is 11.4 Å². The molecule has 2 aromatic heterocycles. The van der Waals surface area contributed by atoms with Crippen molar-refractivity contribution in [1.29, 1.82) is 0 Å². The van der Waals surface area contributed by atoms with Crippen molar-refractivity contribution in [2.24, 2.45) is 0 Å². The van der Waals surface area contributed by atoms with Gasteiger partial charge in [-0.1, -0.05) is 24.3 Å². The van der Waals surface area contributed by atoms with Crippen LogP contribution >= 0.6 is 0 Å². The SMILES string of the molecule is CCOc1cccc(Nc2cnc3c(cnn3-c3ccccc3)n2)c1. The van der Waals surface area contributed by atoms with Gasteiger partial charge in [0.2, 0.25) is 0 Å². The van der Waals surface area contributed by atoms with Gasteiger partial charge in [-0.3, -0.25) is 0 Å². The van der Waals surface area contributed by atoms with Crippen LogP contribution in [0.25, 0.3) is 16.9 Å². The summed E-state index contributed by atoms with van der Waals surface area (Å²) in [5.74, 6) is 1.48. The molecule has 0 bridgehead atoms. The molecular formula is C19H17N5O. The smallest absolute Gasteiger partial charge is 0.181 e. The van der Waals surface area contributed by atoms with Gasteiger partial charge in [-0.2, -0.15) is 5.10 Å². The van der Waals surface area contributed by atoms with Crippen LogP contribution in [0.5, 0.6) is 5.75 Å². The lowest BCUT2D eigenvalue weighted by Crippen LogP contribution is -1.99. The monoisotopic (exact) mass is 331 g/mol. The van der Waals surface area contributed by atoms with Crippen molar-refractivity contribution in [3.05, 3.63) is 67.0 Å². The number of ether oxygens (including phenoxy) is 1. The van der Waals surface area contributed by atoms with Gasteiger partial charge < -0.3 is 10.1 Å². The van der Waals surface area contributed by atoms with E-state index in [4.69, 9.17) is 4.74 Å². The van der Waals surface area contributed by atoms with Gasteiger partial charge in [0.05, 0.1) is 24.7 Å². The molecule has 1 N–H and O–H groups in total. The first kappa shape index (κ1) is 15.1. The van der Waals surface area contributed by atoms with Gasteiger partial charge >= 0.3 is 0 Å². The summed E-state index contributed by atoms with van der Waals surface area (Å²) < 4.78 is 7.30. The van der Waals surface area contributed by atoms with Crippen LogP contribution in [0.1, 0.15) is 6.92 Å². The van der Waals surface area contributed by atoms with Gasteiger partial charge in [-0.05, 0) is 31.2 Å². The average molecular weight is 331 g/mol. The number of fused-ring (bicyclic) bond motifs is 1. The number of para-hydroxylation sites is 1. The Morgan fingerprint density at radius 3 is 2.76 bits per heavy atom. The molecule has 0 unspecified atom stereocenters. The Hall–Kier alpha value is -3.41. The molecule has 0 spiro atoms. The average Bonchev–Trinajstić information content (AvgIpc) is 3.06. The first-order valence-corrected chi connectivity index (χ1v) is 8.09. The van der Waals surface area contributed by atoms with E-state index in [1.165, 1.54) is 0 Å². The largest absolute Gasteiger partial charge is 0.494 e. The van der Waals surface area contributed by atoms with Gasteiger partial charge in [-0.15, -0.1) is 0 Å². The third kappa shape index (κ3) is 3.14. The Morgan fingerprint density at radius 2 is 1.92 bits per heavy atom. The van der Waals surface area contributed by atoms with Gasteiger partial charge in [0.25, 0.3) is 0 Å². The normalized spacial score (nSPS) is 10.8. The zero-order chi connectivity index (χ0) is 17.1. The fraction of sp³-hybridized carbons (Fsp3) is 0.105. The van der Waals surface area contributed by atoms with Crippen LogP contribution in [0, 0.1) is 0 Å². The van der Waals surface area contributed by atoms with Crippen LogP contribution in [0.4, 0.5) is 11.5 Å². The molecule has 0 amide bonds. The zero-order valence-corrected chi connectivity index (χ0v) is 13.8. The first-order valence-electron chi connectivity index (χ1n) is 8.09. The molecule has 0 saturated heterocycles. The van der Waals surface area contributed by atoms with E-state index in [2.05, 4.69) is 20.4 Å². The summed E-state index contributed by atoms with van der Waals surface area (Å²) in [6.07, 6.45) is 3.42. The molecule has 4 rings (SSSR count). The van der Waals surface area contributed by atoms with Crippen LogP contribution in [0.3, 0.4) is 0 Å². The van der Waals surface area contributed by atoms with E-state index in [9.17, 15) is 0 Å². The highest BCUT2D eigenvalue weighted by Gasteiger charge is 2.08. The topological polar surface area (TPSA) is 64.9 Å². The lowest BCUT2D eigenvalue weighted by molar-refractivity contribution is 0.340. The van der Waals surface area contributed by atoms with Crippen molar-refractivity contribution < 1.29 is 4.74 Å². The summed E-state index contributed by atoms with van der Waals surface area (Å²) in [7, 11) is 0. The molecule has 0 aliphatic rings. The van der Waals surface area contributed by atoms with Crippen molar-refractivity contribution in [2.45, 2.75) is 6.92 Å². The molecule has 0 aliphatic carbocycles. The second kappa shape index (κ2) is 6.60. The highest BCUT2D eigenvalue weighted by Crippen LogP contribution is 2.22. The molecule has 4 aromatic rings. The standard InChI is InChI=1S/C19H17N5O/c1-2-25-16-10-6-7-14(11-16)22-18-13-20-19-17(23-18)12-21-24(19)15-8-4-3-5-9-15/h3-13H,2H2,1H3,(H,22,23). The van der Waals surface area contributed by atoms with Crippen LogP contribution in [0.2, 0.25) is 0 Å². The Bertz CT molecular complexity index is 997. The van der Waals surface area contributed by atoms with Crippen molar-refractivity contribution >= 4 is 22.7 Å². The van der Waals surface area contributed by atoms with Crippen LogP contribution in [0.15, 0.2) is 67.0 Å². The first-order chi connectivity index (χ1) is 12.3. The summed E-state index contributed by atoms with van der Waals surface area (Å²) >= 11 is 0. The molecule has 2 heterocycles. The quantitative estimate of drug-likeness (QED) is 0.600. The minimum Gasteiger partial charge on any atom is -0.494 e. The predicted octanol–water partition coefficient (Wildman–Crippen LogP) is 3.96. The van der Waals surface area contributed by atoms with E-state index in [-0.39, 0.29) is 0 Å². The molecule has 124 valence electrons. The third-order valence-electron chi connectivity index (χ3n) is 3.69. The van der Waals surface area contributed by atoms with E-state index < -0.39 is 0 Å². The van der Waals surface area contributed by atoms with Crippen LogP contribution < -0.4 is 10.1 Å². The van der Waals surface area contributed by atoms with Crippen molar-refractivity contribution in [2.75, 3.05) is 11.9 Å². The van der Waals surface area contributed by atoms with Gasteiger partial charge in [-0.25, -0.2) is 14.6 Å². The number of benzene rings is 2. The minimum absolute atomic E-state index is 0.633. The summed E-state index contributed by atoms with van der Waals surface area (Å²) in [5, 5.41) is 7.65. The maximum atomic E-state index is 5.52. The van der Waals surface area contributed by atoms with Gasteiger partial charge in [0, 0.05) is 11.8 Å². The summed E-state index contributed by atoms with van der Waals surface area (Å²) in [6.45, 7) is 2.60. The molecule has 0 radical (unpaired) electrons. The molecule has 0 saturated carbocycles. The molecule has 2 aromatic carbocycles. The highest BCUT2D eigenvalue weighted by molar-refractivity contribution is 5.74. The fourth-order valence-corrected chi connectivity index (χ4v) is 2.61. The Kier molecular flexibility index (Phi) is 4.00. The van der Waals surface area contributed by atoms with E-state index >= 15 is 0 Å². The van der Waals surface area contributed by atoms with E-state index in [1.807, 2.05) is 61.5 Å². The van der Waals surface area contributed by atoms with Crippen molar-refractivity contribution in [1.82, 2.24) is 19.7 Å². The third-order valence-corrected chi connectivity index (χ3v) is 3.69. The van der Waals surface area contributed by atoms with Gasteiger partial charge in [0.1, 0.15) is 17.1 Å². The zero-order valence-electron chi connectivity index (χ0n) is 13.8. The molecule has 6 nitrogen and oxygen atoms in total. The second-order valence-corrected chi connectivity index (χ2v) is 5.44. The number of nitrogens with one attached hydrogen (secondary N) is 1. The van der Waals surface area contributed by atoms with E-state index in [0.717, 1.165) is 28.3 Å². The molecule has 0 fully saturated rings. The molecule has 6 heteroatoms. The maximum Gasteiger partial charge on any atom is 0.181 e. The summed E-state index contributed by atoms with van der Waals surface area (Å²) in [6, 6.07) is 17.6. The summed E-state index contributed by atoms with van der Waals surface area (Å²) in [5.41, 5.74) is 3.31. The predicted molar refractivity (Wildman–Crippen MR) is 97.6 cm³/mol. The van der Waals surface area contributed by atoms with Gasteiger partial charge in [0.15, 0.2) is 5.65 Å². The molecule has 0 aliphatic heterocycles. The van der Waals surface area contributed by atoms with Crippen LogP contribution in [-0.2, 0) is 0 Å². The number of hydrogen-bond acceptors (Lipinski definition) is 5. The Balaban J connectivity index is 1.63. The lowest BCUT2D eigenvalue weighted by Gasteiger charge is -2.08. The second-order valence-electron chi connectivity index (χ2n) is 5.44.